The van der Waals surface area contributed by atoms with E-state index >= 15 is 0 Å². The SMILES string of the molecule is Nc1ncnc2c1N([C@H]1O[C@@H](CO)[C@H](O)[C@@H]1O)CN2. The fraction of sp³-hybridized carbons (Fsp3) is 0.600. The number of nitrogens with zero attached hydrogens (tertiary/aromatic N) is 3. The molecule has 0 radical (unpaired) electrons. The van der Waals surface area contributed by atoms with Crippen LogP contribution in [0.25, 0.3) is 0 Å². The lowest BCUT2D eigenvalue weighted by molar-refractivity contribution is -0.0218. The first-order valence-electron chi connectivity index (χ1n) is 5.87. The predicted molar refractivity (Wildman–Crippen MR) is 65.2 cm³/mol. The van der Waals surface area contributed by atoms with Gasteiger partial charge >= 0.3 is 0 Å². The Labute approximate surface area is 108 Å². The van der Waals surface area contributed by atoms with Crippen LogP contribution in [0.5, 0.6) is 0 Å². The third-order valence-electron chi connectivity index (χ3n) is 3.38. The van der Waals surface area contributed by atoms with Gasteiger partial charge in [0.1, 0.15) is 30.3 Å². The molecule has 9 nitrogen and oxygen atoms in total. The number of anilines is 3. The summed E-state index contributed by atoms with van der Waals surface area (Å²) in [7, 11) is 0. The van der Waals surface area contributed by atoms with E-state index in [0.717, 1.165) is 0 Å². The van der Waals surface area contributed by atoms with E-state index in [1.54, 1.807) is 4.90 Å². The molecule has 6 N–H and O–H groups in total. The summed E-state index contributed by atoms with van der Waals surface area (Å²) >= 11 is 0. The molecule has 0 spiro atoms. The topological polar surface area (TPSA) is 137 Å². The molecule has 0 unspecified atom stereocenters. The fourth-order valence-corrected chi connectivity index (χ4v) is 2.40. The molecule has 4 atom stereocenters. The number of fused-ring (bicyclic) bond motifs is 1. The van der Waals surface area contributed by atoms with Gasteiger partial charge in [0, 0.05) is 0 Å². The maximum Gasteiger partial charge on any atom is 0.161 e. The van der Waals surface area contributed by atoms with Crippen molar-refractivity contribution in [1.82, 2.24) is 9.97 Å². The Hall–Kier alpha value is -1.68. The molecule has 0 saturated carbocycles. The molecule has 1 aromatic heterocycles. The van der Waals surface area contributed by atoms with Crippen LogP contribution >= 0.6 is 0 Å². The number of ether oxygens (including phenoxy) is 1. The lowest BCUT2D eigenvalue weighted by atomic mass is 10.1. The molecular formula is C10H15N5O4. The van der Waals surface area contributed by atoms with E-state index in [1.807, 2.05) is 0 Å². The van der Waals surface area contributed by atoms with Crippen molar-refractivity contribution in [2.75, 3.05) is 29.2 Å². The fourth-order valence-electron chi connectivity index (χ4n) is 2.40. The van der Waals surface area contributed by atoms with Gasteiger partial charge in [-0.3, -0.25) is 0 Å². The summed E-state index contributed by atoms with van der Waals surface area (Å²) < 4.78 is 5.46. The molecule has 2 aliphatic rings. The Balaban J connectivity index is 1.90. The van der Waals surface area contributed by atoms with Gasteiger partial charge in [-0.15, -0.1) is 0 Å². The number of nitrogens with one attached hydrogen (secondary N) is 1. The number of nitrogens with two attached hydrogens (primary N) is 1. The standard InChI is InChI=1S/C10H15N5O4/c11-8-5-9(13-2-12-8)14-3-15(5)10-7(18)6(17)4(1-16)19-10/h2,4,6-7,10,16-18H,1,3H2,(H3,11,12,13,14)/t4-,6-,7-,10-/m0/s1. The monoisotopic (exact) mass is 269 g/mol. The maximum absolute atomic E-state index is 10.00. The highest BCUT2D eigenvalue weighted by molar-refractivity contribution is 5.80. The summed E-state index contributed by atoms with van der Waals surface area (Å²) in [5.41, 5.74) is 6.32. The van der Waals surface area contributed by atoms with Gasteiger partial charge in [0.15, 0.2) is 17.9 Å². The number of nitrogen functional groups attached to an aromatic ring is 1. The molecular weight excluding hydrogens is 254 g/mol. The minimum Gasteiger partial charge on any atom is -0.394 e. The quantitative estimate of drug-likeness (QED) is 0.401. The minimum atomic E-state index is -1.15. The number of aromatic nitrogens is 2. The lowest BCUT2D eigenvalue weighted by Gasteiger charge is -2.27. The zero-order valence-corrected chi connectivity index (χ0v) is 9.97. The highest BCUT2D eigenvalue weighted by atomic mass is 16.6. The Bertz CT molecular complexity index is 487. The van der Waals surface area contributed by atoms with E-state index < -0.39 is 24.5 Å². The number of aliphatic hydroxyl groups is 3. The number of hydrogen-bond donors (Lipinski definition) is 5. The molecule has 1 fully saturated rings. The van der Waals surface area contributed by atoms with Gasteiger partial charge in [-0.2, -0.15) is 0 Å². The predicted octanol–water partition coefficient (Wildman–Crippen LogP) is -2.31. The molecule has 19 heavy (non-hydrogen) atoms. The van der Waals surface area contributed by atoms with Gasteiger partial charge in [0.2, 0.25) is 0 Å². The summed E-state index contributed by atoms with van der Waals surface area (Å²) in [5.74, 6) is 0.804. The molecule has 104 valence electrons. The van der Waals surface area contributed by atoms with Gasteiger partial charge < -0.3 is 36.0 Å². The van der Waals surface area contributed by atoms with Crippen molar-refractivity contribution in [3.8, 4) is 0 Å². The molecule has 0 amide bonds. The van der Waals surface area contributed by atoms with E-state index in [4.69, 9.17) is 15.6 Å². The van der Waals surface area contributed by atoms with Crippen molar-refractivity contribution >= 4 is 17.3 Å². The van der Waals surface area contributed by atoms with Gasteiger partial charge in [0.25, 0.3) is 0 Å². The molecule has 0 bridgehead atoms. The Morgan fingerprint density at radius 1 is 1.42 bits per heavy atom. The zero-order valence-electron chi connectivity index (χ0n) is 9.97. The summed E-state index contributed by atoms with van der Waals surface area (Å²) in [5, 5.41) is 31.8. The minimum absolute atomic E-state index is 0.257. The van der Waals surface area contributed by atoms with Crippen LogP contribution in [0.1, 0.15) is 0 Å². The molecule has 1 aromatic rings. The molecule has 0 aromatic carbocycles. The first kappa shape index (κ1) is 12.4. The molecule has 2 aliphatic heterocycles. The molecule has 9 heteroatoms. The highest BCUT2D eigenvalue weighted by Gasteiger charge is 2.47. The smallest absolute Gasteiger partial charge is 0.161 e. The van der Waals surface area contributed by atoms with Crippen LogP contribution in [0, 0.1) is 0 Å². The Kier molecular flexibility index (Phi) is 2.90. The van der Waals surface area contributed by atoms with Crippen molar-refractivity contribution in [1.29, 1.82) is 0 Å². The van der Waals surface area contributed by atoms with Crippen LogP contribution in [0.15, 0.2) is 6.33 Å². The van der Waals surface area contributed by atoms with E-state index in [9.17, 15) is 10.2 Å². The van der Waals surface area contributed by atoms with Crippen LogP contribution < -0.4 is 16.0 Å². The van der Waals surface area contributed by atoms with Crippen molar-refractivity contribution in [3.05, 3.63) is 6.33 Å². The van der Waals surface area contributed by atoms with Crippen molar-refractivity contribution in [3.63, 3.8) is 0 Å². The van der Waals surface area contributed by atoms with Gasteiger partial charge in [-0.1, -0.05) is 0 Å². The van der Waals surface area contributed by atoms with Crippen LogP contribution in [-0.4, -0.2) is 63.1 Å². The summed E-state index contributed by atoms with van der Waals surface area (Å²) in [6.07, 6.45) is -2.60. The molecule has 0 aliphatic carbocycles. The molecule has 3 rings (SSSR count). The number of hydrogen-bond acceptors (Lipinski definition) is 9. The van der Waals surface area contributed by atoms with Crippen LogP contribution in [0.4, 0.5) is 17.3 Å². The van der Waals surface area contributed by atoms with Gasteiger partial charge in [-0.25, -0.2) is 9.97 Å². The van der Waals surface area contributed by atoms with Crippen molar-refractivity contribution < 1.29 is 20.1 Å². The van der Waals surface area contributed by atoms with Crippen molar-refractivity contribution in [2.45, 2.75) is 24.5 Å². The van der Waals surface area contributed by atoms with E-state index in [1.165, 1.54) is 6.33 Å². The second-order valence-corrected chi connectivity index (χ2v) is 4.49. The zero-order chi connectivity index (χ0) is 13.6. The highest BCUT2D eigenvalue weighted by Crippen LogP contribution is 2.38. The molecule has 3 heterocycles. The number of rotatable bonds is 2. The summed E-state index contributed by atoms with van der Waals surface area (Å²) in [6.45, 7) is -0.0472. The summed E-state index contributed by atoms with van der Waals surface area (Å²) in [4.78, 5) is 9.56. The van der Waals surface area contributed by atoms with Gasteiger partial charge in [-0.05, 0) is 0 Å². The van der Waals surface area contributed by atoms with Crippen LogP contribution in [0.2, 0.25) is 0 Å². The van der Waals surface area contributed by atoms with Crippen LogP contribution in [-0.2, 0) is 4.74 Å². The first-order valence-corrected chi connectivity index (χ1v) is 5.87. The third kappa shape index (κ3) is 1.78. The Morgan fingerprint density at radius 3 is 2.89 bits per heavy atom. The average molecular weight is 269 g/mol. The average Bonchev–Trinajstić information content (AvgIpc) is 2.94. The maximum atomic E-state index is 10.00. The third-order valence-corrected chi connectivity index (χ3v) is 3.38. The second-order valence-electron chi connectivity index (χ2n) is 4.49. The largest absolute Gasteiger partial charge is 0.394 e. The normalized spacial score (nSPS) is 33.3. The van der Waals surface area contributed by atoms with E-state index in [0.29, 0.717) is 18.2 Å². The number of aliphatic hydroxyl groups excluding tert-OH is 3. The van der Waals surface area contributed by atoms with E-state index in [2.05, 4.69) is 15.3 Å². The first-order chi connectivity index (χ1) is 9.13. The molecule has 1 saturated heterocycles. The second kappa shape index (κ2) is 4.46. The Morgan fingerprint density at radius 2 is 2.21 bits per heavy atom. The summed E-state index contributed by atoms with van der Waals surface area (Å²) in [6, 6.07) is 0. The van der Waals surface area contributed by atoms with Crippen molar-refractivity contribution in [2.24, 2.45) is 0 Å². The lowest BCUT2D eigenvalue weighted by Crippen LogP contribution is -2.44. The van der Waals surface area contributed by atoms with E-state index in [-0.39, 0.29) is 12.4 Å². The van der Waals surface area contributed by atoms with Crippen LogP contribution in [0.3, 0.4) is 0 Å². The van der Waals surface area contributed by atoms with Gasteiger partial charge in [0.05, 0.1) is 13.3 Å².